The summed E-state index contributed by atoms with van der Waals surface area (Å²) in [5.74, 6) is 0.603. The van der Waals surface area contributed by atoms with Gasteiger partial charge in [0.1, 0.15) is 0 Å². The average Bonchev–Trinajstić information content (AvgIpc) is 2.79. The molecule has 4 rings (SSSR count). The third-order valence-electron chi connectivity index (χ3n) is 6.62. The molecule has 0 aromatic heterocycles. The quantitative estimate of drug-likeness (QED) is 0.561. The first-order valence-electron chi connectivity index (χ1n) is 10.9. The third kappa shape index (κ3) is 3.21. The maximum atomic E-state index is 13.2. The normalized spacial score (nSPS) is 20.1. The van der Waals surface area contributed by atoms with Crippen LogP contribution in [0.3, 0.4) is 0 Å². The van der Waals surface area contributed by atoms with Crippen molar-refractivity contribution in [1.29, 1.82) is 0 Å². The van der Waals surface area contributed by atoms with E-state index in [2.05, 4.69) is 39.8 Å². The predicted octanol–water partition coefficient (Wildman–Crippen LogP) is 6.94. The summed E-state index contributed by atoms with van der Waals surface area (Å²) >= 11 is 0. The molecule has 0 saturated carbocycles. The second-order valence-corrected chi connectivity index (χ2v) is 8.39. The Bertz CT molecular complexity index is 1040. The predicted molar refractivity (Wildman–Crippen MR) is 123 cm³/mol. The summed E-state index contributed by atoms with van der Waals surface area (Å²) < 4.78 is 0. The van der Waals surface area contributed by atoms with Crippen molar-refractivity contribution in [2.75, 3.05) is 0 Å². The molecule has 0 spiro atoms. The molecule has 2 aromatic carbocycles. The van der Waals surface area contributed by atoms with Crippen LogP contribution >= 0.6 is 0 Å². The number of carbonyl (C=O) groups is 2. The number of fused-ring (bicyclic) bond motifs is 2. The van der Waals surface area contributed by atoms with Crippen LogP contribution in [0.15, 0.2) is 71.8 Å². The molecule has 30 heavy (non-hydrogen) atoms. The summed E-state index contributed by atoms with van der Waals surface area (Å²) in [6, 6.07) is 15.7. The van der Waals surface area contributed by atoms with Crippen LogP contribution < -0.4 is 0 Å². The number of benzene rings is 2. The van der Waals surface area contributed by atoms with Gasteiger partial charge in [-0.05, 0) is 59.1 Å². The molecule has 0 bridgehead atoms. The summed E-state index contributed by atoms with van der Waals surface area (Å²) in [6.07, 6.45) is 5.97. The van der Waals surface area contributed by atoms with Crippen molar-refractivity contribution < 1.29 is 9.59 Å². The Morgan fingerprint density at radius 2 is 0.933 bits per heavy atom. The van der Waals surface area contributed by atoms with Crippen molar-refractivity contribution in [3.63, 3.8) is 0 Å². The fourth-order valence-electron chi connectivity index (χ4n) is 4.36. The van der Waals surface area contributed by atoms with Gasteiger partial charge in [0.05, 0.1) is 0 Å². The van der Waals surface area contributed by atoms with Crippen molar-refractivity contribution in [3.05, 3.63) is 94.1 Å². The van der Waals surface area contributed by atoms with E-state index in [4.69, 9.17) is 0 Å². The van der Waals surface area contributed by atoms with Gasteiger partial charge in [-0.1, -0.05) is 76.2 Å². The van der Waals surface area contributed by atoms with Gasteiger partial charge >= 0.3 is 0 Å². The highest BCUT2D eigenvalue weighted by Crippen LogP contribution is 2.42. The number of carbonyl (C=O) groups excluding carboxylic acids is 2. The van der Waals surface area contributed by atoms with E-state index in [0.717, 1.165) is 57.4 Å². The summed E-state index contributed by atoms with van der Waals surface area (Å²) in [6.45, 7) is 8.45. The monoisotopic (exact) mass is 396 g/mol. The van der Waals surface area contributed by atoms with Gasteiger partial charge in [0.15, 0.2) is 11.6 Å². The van der Waals surface area contributed by atoms with Crippen molar-refractivity contribution in [1.82, 2.24) is 0 Å². The molecular formula is C28H28O2. The highest BCUT2D eigenvalue weighted by molar-refractivity contribution is 6.23. The molecule has 2 nitrogen and oxygen atoms in total. The second kappa shape index (κ2) is 8.02. The number of rotatable bonds is 4. The van der Waals surface area contributed by atoms with Gasteiger partial charge in [0.2, 0.25) is 0 Å². The lowest BCUT2D eigenvalue weighted by molar-refractivity contribution is 0.101. The Morgan fingerprint density at radius 3 is 1.27 bits per heavy atom. The van der Waals surface area contributed by atoms with Crippen LogP contribution in [0.4, 0.5) is 0 Å². The van der Waals surface area contributed by atoms with Crippen LogP contribution in [0.25, 0.3) is 11.1 Å². The fourth-order valence-corrected chi connectivity index (χ4v) is 4.36. The Balaban J connectivity index is 2.08. The zero-order valence-electron chi connectivity index (χ0n) is 18.2. The third-order valence-corrected chi connectivity index (χ3v) is 6.62. The molecule has 2 aromatic rings. The minimum Gasteiger partial charge on any atom is -0.289 e. The van der Waals surface area contributed by atoms with E-state index in [1.54, 1.807) is 0 Å². The number of allylic oxidation sites excluding steroid dienone is 6. The number of hydrogen-bond donors (Lipinski definition) is 0. The summed E-state index contributed by atoms with van der Waals surface area (Å²) in [7, 11) is 0. The first-order valence-corrected chi connectivity index (χ1v) is 10.9. The first kappa shape index (κ1) is 20.3. The molecule has 2 aliphatic carbocycles. The largest absolute Gasteiger partial charge is 0.289 e. The lowest BCUT2D eigenvalue weighted by Crippen LogP contribution is -2.19. The van der Waals surface area contributed by atoms with Gasteiger partial charge in [0.25, 0.3) is 0 Å². The van der Waals surface area contributed by atoms with Crippen LogP contribution in [-0.4, -0.2) is 11.6 Å². The molecule has 0 radical (unpaired) electrons. The molecule has 2 aliphatic rings. The van der Waals surface area contributed by atoms with Crippen molar-refractivity contribution >= 4 is 22.7 Å². The Hall–Kier alpha value is -3.00. The molecule has 0 N–H and O–H groups in total. The molecule has 0 amide bonds. The molecule has 2 unspecified atom stereocenters. The van der Waals surface area contributed by atoms with Crippen molar-refractivity contribution in [2.45, 2.75) is 40.5 Å². The highest BCUT2D eigenvalue weighted by atomic mass is 16.1. The summed E-state index contributed by atoms with van der Waals surface area (Å²) in [5.41, 5.74) is 7.21. The maximum Gasteiger partial charge on any atom is 0.189 e. The molecule has 0 heterocycles. The maximum absolute atomic E-state index is 13.2. The Kier molecular flexibility index (Phi) is 5.42. The molecule has 0 aliphatic heterocycles. The highest BCUT2D eigenvalue weighted by Gasteiger charge is 2.31. The summed E-state index contributed by atoms with van der Waals surface area (Å²) in [5, 5.41) is 0. The minimum absolute atomic E-state index is 0.121. The zero-order valence-corrected chi connectivity index (χ0v) is 18.2. The van der Waals surface area contributed by atoms with E-state index < -0.39 is 0 Å². The number of Topliss-reactive ketones (excluding diaryl/α,β-unsaturated/α-hetero) is 2. The molecule has 2 atom stereocenters. The van der Waals surface area contributed by atoms with E-state index in [1.165, 1.54) is 0 Å². The number of hydrogen-bond acceptors (Lipinski definition) is 2. The van der Waals surface area contributed by atoms with Crippen LogP contribution in [0, 0.1) is 11.8 Å². The second-order valence-electron chi connectivity index (χ2n) is 8.39. The van der Waals surface area contributed by atoms with E-state index in [0.29, 0.717) is 0 Å². The number of ketones is 2. The van der Waals surface area contributed by atoms with Gasteiger partial charge in [-0.15, -0.1) is 0 Å². The van der Waals surface area contributed by atoms with E-state index >= 15 is 0 Å². The van der Waals surface area contributed by atoms with Crippen molar-refractivity contribution in [3.8, 4) is 0 Å². The standard InChI is InChI=1S/C28H28O2/c1-5-17(3)23-15-25(19-11-7-9-13-21(19)27(23)29)26-16-24(18(4)6-2)28(30)22-14-10-8-12-20(22)26/h7-18H,5-6H2,1-4H3/b26-25+. The van der Waals surface area contributed by atoms with Crippen LogP contribution in [0.5, 0.6) is 0 Å². The summed E-state index contributed by atoms with van der Waals surface area (Å²) in [4.78, 5) is 26.4. The lowest BCUT2D eigenvalue weighted by Gasteiger charge is -2.27. The molecule has 0 fully saturated rings. The van der Waals surface area contributed by atoms with Crippen LogP contribution in [0.1, 0.15) is 72.4 Å². The minimum atomic E-state index is 0.121. The van der Waals surface area contributed by atoms with Crippen LogP contribution in [0.2, 0.25) is 0 Å². The van der Waals surface area contributed by atoms with E-state index in [1.807, 2.05) is 48.5 Å². The molecular weight excluding hydrogens is 368 g/mol. The Morgan fingerprint density at radius 1 is 0.600 bits per heavy atom. The van der Waals surface area contributed by atoms with Gasteiger partial charge in [0, 0.05) is 22.3 Å². The fraction of sp³-hybridized carbons (Fsp3) is 0.286. The van der Waals surface area contributed by atoms with E-state index in [9.17, 15) is 9.59 Å². The Labute approximate surface area is 179 Å². The lowest BCUT2D eigenvalue weighted by atomic mass is 9.75. The average molecular weight is 397 g/mol. The van der Waals surface area contributed by atoms with Gasteiger partial charge < -0.3 is 0 Å². The topological polar surface area (TPSA) is 34.1 Å². The molecule has 0 saturated heterocycles. The smallest absolute Gasteiger partial charge is 0.189 e. The SMILES string of the molecule is CCC(C)C1=C/C(=C2/C=C(C(C)CC)C(=O)c3ccccc32)c2ccccc2C1=O. The molecule has 2 heteroatoms. The zero-order chi connectivity index (χ0) is 21.4. The van der Waals surface area contributed by atoms with Gasteiger partial charge in [-0.2, -0.15) is 0 Å². The van der Waals surface area contributed by atoms with Gasteiger partial charge in [-0.3, -0.25) is 9.59 Å². The first-order chi connectivity index (χ1) is 14.5. The van der Waals surface area contributed by atoms with E-state index in [-0.39, 0.29) is 23.4 Å². The molecule has 152 valence electrons. The van der Waals surface area contributed by atoms with Crippen molar-refractivity contribution in [2.24, 2.45) is 11.8 Å². The van der Waals surface area contributed by atoms with Gasteiger partial charge in [-0.25, -0.2) is 0 Å². The van der Waals surface area contributed by atoms with Crippen LogP contribution in [-0.2, 0) is 0 Å².